The van der Waals surface area contributed by atoms with Crippen LogP contribution in [0.15, 0.2) is 71.8 Å². The topological polar surface area (TPSA) is 98.3 Å². The molecule has 8 heteroatoms. The van der Waals surface area contributed by atoms with Gasteiger partial charge in [-0.15, -0.1) is 0 Å². The molecule has 2 N–H and O–H groups in total. The van der Waals surface area contributed by atoms with Crippen molar-refractivity contribution < 1.29 is 23.8 Å². The van der Waals surface area contributed by atoms with Gasteiger partial charge in [-0.25, -0.2) is 5.43 Å². The molecule has 0 radical (unpaired) electrons. The number of ether oxygens (including phenoxy) is 3. The standard InChI is InChI=1S/C25H25N3O5/c1-17-4-13-22(23(14-17)32-3)25(30)28-26-15-18-5-9-21(10-6-18)33-16-24(29)27-19-7-11-20(31-2)12-8-19/h4-15H,16H2,1-3H3,(H,27,29)(H,28,30)/b26-15-. The predicted octanol–water partition coefficient (Wildman–Crippen LogP) is 3.79. The molecular formula is C25H25N3O5. The highest BCUT2D eigenvalue weighted by molar-refractivity contribution is 5.97. The maximum absolute atomic E-state index is 12.3. The van der Waals surface area contributed by atoms with Gasteiger partial charge in [0.2, 0.25) is 0 Å². The summed E-state index contributed by atoms with van der Waals surface area (Å²) in [5, 5.41) is 6.73. The quantitative estimate of drug-likeness (QED) is 0.384. The Hall–Kier alpha value is -4.33. The number of carbonyl (C=O) groups is 2. The highest BCUT2D eigenvalue weighted by Crippen LogP contribution is 2.20. The molecule has 170 valence electrons. The molecule has 0 aliphatic carbocycles. The Kier molecular flexibility index (Phi) is 8.02. The molecule has 0 atom stereocenters. The minimum atomic E-state index is -0.370. The van der Waals surface area contributed by atoms with E-state index in [0.29, 0.717) is 28.5 Å². The van der Waals surface area contributed by atoms with Crippen LogP contribution in [-0.2, 0) is 4.79 Å². The van der Waals surface area contributed by atoms with Gasteiger partial charge in [-0.05, 0) is 78.7 Å². The van der Waals surface area contributed by atoms with Crippen LogP contribution < -0.4 is 25.0 Å². The number of nitrogens with zero attached hydrogens (tertiary/aromatic N) is 1. The van der Waals surface area contributed by atoms with Crippen LogP contribution in [0.3, 0.4) is 0 Å². The summed E-state index contributed by atoms with van der Waals surface area (Å²) in [5.74, 6) is 1.08. The summed E-state index contributed by atoms with van der Waals surface area (Å²) in [5.41, 5.74) is 5.28. The molecule has 0 saturated heterocycles. The lowest BCUT2D eigenvalue weighted by atomic mass is 10.1. The lowest BCUT2D eigenvalue weighted by Crippen LogP contribution is -2.20. The van der Waals surface area contributed by atoms with E-state index in [9.17, 15) is 9.59 Å². The number of carbonyl (C=O) groups excluding carboxylic acids is 2. The zero-order valence-electron chi connectivity index (χ0n) is 18.6. The average molecular weight is 447 g/mol. The zero-order chi connectivity index (χ0) is 23.6. The molecule has 3 aromatic carbocycles. The van der Waals surface area contributed by atoms with E-state index in [2.05, 4.69) is 15.8 Å². The third-order valence-electron chi connectivity index (χ3n) is 4.61. The van der Waals surface area contributed by atoms with Crippen molar-refractivity contribution in [3.63, 3.8) is 0 Å². The van der Waals surface area contributed by atoms with Gasteiger partial charge in [0.05, 0.1) is 26.0 Å². The molecule has 3 rings (SSSR count). The lowest BCUT2D eigenvalue weighted by molar-refractivity contribution is -0.118. The minimum Gasteiger partial charge on any atom is -0.497 e. The highest BCUT2D eigenvalue weighted by Gasteiger charge is 2.11. The Morgan fingerprint density at radius 1 is 0.909 bits per heavy atom. The minimum absolute atomic E-state index is 0.131. The van der Waals surface area contributed by atoms with Gasteiger partial charge in [-0.1, -0.05) is 6.07 Å². The van der Waals surface area contributed by atoms with E-state index in [-0.39, 0.29) is 18.4 Å². The largest absolute Gasteiger partial charge is 0.497 e. The third-order valence-corrected chi connectivity index (χ3v) is 4.61. The first-order chi connectivity index (χ1) is 16.0. The molecule has 0 fully saturated rings. The number of nitrogens with one attached hydrogen (secondary N) is 2. The van der Waals surface area contributed by atoms with Crippen LogP contribution in [0.5, 0.6) is 17.2 Å². The Labute approximate surface area is 192 Å². The van der Waals surface area contributed by atoms with Crippen LogP contribution in [0.2, 0.25) is 0 Å². The van der Waals surface area contributed by atoms with Crippen LogP contribution in [0.25, 0.3) is 0 Å². The van der Waals surface area contributed by atoms with E-state index in [4.69, 9.17) is 14.2 Å². The number of benzene rings is 3. The van der Waals surface area contributed by atoms with Crippen LogP contribution in [0, 0.1) is 6.92 Å². The second-order valence-corrected chi connectivity index (χ2v) is 7.04. The van der Waals surface area contributed by atoms with Gasteiger partial charge in [-0.2, -0.15) is 5.10 Å². The van der Waals surface area contributed by atoms with Crippen LogP contribution in [0.4, 0.5) is 5.69 Å². The number of hydrazone groups is 1. The summed E-state index contributed by atoms with van der Waals surface area (Å²) in [6, 6.07) is 19.3. The maximum atomic E-state index is 12.3. The Morgan fingerprint density at radius 2 is 1.61 bits per heavy atom. The molecule has 0 bridgehead atoms. The number of hydrogen-bond acceptors (Lipinski definition) is 6. The molecule has 3 aromatic rings. The molecule has 2 amide bonds. The fraction of sp³-hybridized carbons (Fsp3) is 0.160. The van der Waals surface area contributed by atoms with Crippen molar-refractivity contribution >= 4 is 23.7 Å². The third kappa shape index (κ3) is 6.83. The van der Waals surface area contributed by atoms with Gasteiger partial charge < -0.3 is 19.5 Å². The molecular weight excluding hydrogens is 422 g/mol. The van der Waals surface area contributed by atoms with Crippen molar-refractivity contribution in [2.24, 2.45) is 5.10 Å². The van der Waals surface area contributed by atoms with Crippen molar-refractivity contribution in [2.75, 3.05) is 26.1 Å². The number of aryl methyl sites for hydroxylation is 1. The fourth-order valence-electron chi connectivity index (χ4n) is 2.88. The number of amides is 2. The van der Waals surface area contributed by atoms with Gasteiger partial charge in [0.15, 0.2) is 6.61 Å². The fourth-order valence-corrected chi connectivity index (χ4v) is 2.88. The summed E-state index contributed by atoms with van der Waals surface area (Å²) in [6.45, 7) is 1.79. The smallest absolute Gasteiger partial charge is 0.275 e. The van der Waals surface area contributed by atoms with Gasteiger partial charge in [0, 0.05) is 5.69 Å². The number of methoxy groups -OCH3 is 2. The van der Waals surface area contributed by atoms with Gasteiger partial charge in [0.1, 0.15) is 17.2 Å². The molecule has 0 spiro atoms. The first-order valence-electron chi connectivity index (χ1n) is 10.1. The van der Waals surface area contributed by atoms with E-state index >= 15 is 0 Å². The highest BCUT2D eigenvalue weighted by atomic mass is 16.5. The Bertz CT molecular complexity index is 1130. The first-order valence-corrected chi connectivity index (χ1v) is 10.1. The predicted molar refractivity (Wildman–Crippen MR) is 126 cm³/mol. The van der Waals surface area contributed by atoms with Gasteiger partial charge >= 0.3 is 0 Å². The second kappa shape index (κ2) is 11.3. The van der Waals surface area contributed by atoms with E-state index < -0.39 is 0 Å². The molecule has 33 heavy (non-hydrogen) atoms. The molecule has 0 unspecified atom stereocenters. The normalized spacial score (nSPS) is 10.5. The SMILES string of the molecule is COc1ccc(NC(=O)COc2ccc(/C=N\NC(=O)c3ccc(C)cc3OC)cc2)cc1. The maximum Gasteiger partial charge on any atom is 0.275 e. The summed E-state index contributed by atoms with van der Waals surface area (Å²) >= 11 is 0. The number of hydrogen-bond donors (Lipinski definition) is 2. The Morgan fingerprint density at radius 3 is 2.27 bits per heavy atom. The second-order valence-electron chi connectivity index (χ2n) is 7.04. The van der Waals surface area contributed by atoms with E-state index in [1.807, 2.05) is 13.0 Å². The molecule has 0 aromatic heterocycles. The molecule has 8 nitrogen and oxygen atoms in total. The van der Waals surface area contributed by atoms with Crippen molar-refractivity contribution in [3.05, 3.63) is 83.4 Å². The molecule has 0 aliphatic heterocycles. The monoisotopic (exact) mass is 447 g/mol. The Balaban J connectivity index is 1.48. The van der Waals surface area contributed by atoms with E-state index in [1.54, 1.807) is 67.8 Å². The molecule has 0 saturated carbocycles. The number of anilines is 1. The number of rotatable bonds is 9. The van der Waals surface area contributed by atoms with Crippen LogP contribution in [-0.4, -0.2) is 38.9 Å². The zero-order valence-corrected chi connectivity index (χ0v) is 18.6. The molecule has 0 aliphatic rings. The summed E-state index contributed by atoms with van der Waals surface area (Å²) in [6.07, 6.45) is 1.51. The van der Waals surface area contributed by atoms with Crippen molar-refractivity contribution in [3.8, 4) is 17.2 Å². The van der Waals surface area contributed by atoms with Crippen LogP contribution in [0.1, 0.15) is 21.5 Å². The van der Waals surface area contributed by atoms with Crippen molar-refractivity contribution in [1.82, 2.24) is 5.43 Å². The summed E-state index contributed by atoms with van der Waals surface area (Å²) in [7, 11) is 3.10. The van der Waals surface area contributed by atoms with Crippen molar-refractivity contribution in [1.29, 1.82) is 0 Å². The van der Waals surface area contributed by atoms with Crippen molar-refractivity contribution in [2.45, 2.75) is 6.92 Å². The van der Waals surface area contributed by atoms with Gasteiger partial charge in [-0.3, -0.25) is 9.59 Å². The van der Waals surface area contributed by atoms with Gasteiger partial charge in [0.25, 0.3) is 11.8 Å². The van der Waals surface area contributed by atoms with E-state index in [0.717, 1.165) is 11.1 Å². The van der Waals surface area contributed by atoms with Crippen LogP contribution >= 0.6 is 0 Å². The summed E-state index contributed by atoms with van der Waals surface area (Å²) in [4.78, 5) is 24.4. The lowest BCUT2D eigenvalue weighted by Gasteiger charge is -2.08. The summed E-state index contributed by atoms with van der Waals surface area (Å²) < 4.78 is 15.8. The average Bonchev–Trinajstić information content (AvgIpc) is 2.83. The molecule has 0 heterocycles. The van der Waals surface area contributed by atoms with E-state index in [1.165, 1.54) is 13.3 Å². The first kappa shape index (κ1) is 23.3.